The van der Waals surface area contributed by atoms with E-state index in [0.717, 1.165) is 22.6 Å². The van der Waals surface area contributed by atoms with Crippen molar-refractivity contribution in [3.63, 3.8) is 0 Å². The molecule has 0 radical (unpaired) electrons. The standard InChI is InChI=1S/C13H13FN4/c1-9-15-16-13(17(9)2)8-18-6-5-10-3-4-11(14)7-12(10)18/h3-7H,8H2,1-2H3. The molecule has 2 heterocycles. The van der Waals surface area contributed by atoms with Crippen molar-refractivity contribution in [3.05, 3.63) is 47.9 Å². The summed E-state index contributed by atoms with van der Waals surface area (Å²) in [6.45, 7) is 2.49. The zero-order valence-electron chi connectivity index (χ0n) is 10.3. The Morgan fingerprint density at radius 3 is 2.78 bits per heavy atom. The van der Waals surface area contributed by atoms with Crippen molar-refractivity contribution >= 4 is 10.9 Å². The summed E-state index contributed by atoms with van der Waals surface area (Å²) < 4.78 is 17.2. The number of aryl methyl sites for hydroxylation is 1. The molecule has 4 nitrogen and oxygen atoms in total. The highest BCUT2D eigenvalue weighted by molar-refractivity contribution is 5.80. The Balaban J connectivity index is 2.05. The molecule has 0 saturated carbocycles. The van der Waals surface area contributed by atoms with Gasteiger partial charge in [-0.3, -0.25) is 0 Å². The van der Waals surface area contributed by atoms with E-state index in [0.29, 0.717) is 6.54 Å². The molecule has 1 aromatic carbocycles. The Kier molecular flexibility index (Phi) is 2.40. The van der Waals surface area contributed by atoms with Crippen LogP contribution in [0.1, 0.15) is 11.6 Å². The number of aromatic nitrogens is 4. The van der Waals surface area contributed by atoms with Gasteiger partial charge in [0.2, 0.25) is 0 Å². The van der Waals surface area contributed by atoms with Crippen molar-refractivity contribution in [1.82, 2.24) is 19.3 Å². The number of nitrogens with zero attached hydrogens (tertiary/aromatic N) is 4. The van der Waals surface area contributed by atoms with Crippen molar-refractivity contribution in [2.24, 2.45) is 7.05 Å². The summed E-state index contributed by atoms with van der Waals surface area (Å²) >= 11 is 0. The lowest BCUT2D eigenvalue weighted by atomic mass is 10.2. The van der Waals surface area contributed by atoms with Crippen LogP contribution in [0.4, 0.5) is 4.39 Å². The first kappa shape index (κ1) is 11.0. The third-order valence-electron chi connectivity index (χ3n) is 3.23. The average molecular weight is 244 g/mol. The first-order valence-corrected chi connectivity index (χ1v) is 5.74. The SMILES string of the molecule is Cc1nnc(Cn2ccc3ccc(F)cc32)n1C. The van der Waals surface area contributed by atoms with Crippen molar-refractivity contribution in [1.29, 1.82) is 0 Å². The molecule has 5 heteroatoms. The summed E-state index contributed by atoms with van der Waals surface area (Å²) in [4.78, 5) is 0. The topological polar surface area (TPSA) is 35.6 Å². The van der Waals surface area contributed by atoms with Crippen molar-refractivity contribution in [2.75, 3.05) is 0 Å². The molecule has 0 amide bonds. The molecule has 2 aromatic heterocycles. The van der Waals surface area contributed by atoms with Crippen LogP contribution in [0.5, 0.6) is 0 Å². The number of hydrogen-bond acceptors (Lipinski definition) is 2. The van der Waals surface area contributed by atoms with Gasteiger partial charge in [-0.05, 0) is 36.6 Å². The lowest BCUT2D eigenvalue weighted by Gasteiger charge is -2.05. The Morgan fingerprint density at radius 2 is 2.06 bits per heavy atom. The number of benzene rings is 1. The van der Waals surface area contributed by atoms with Gasteiger partial charge in [0.25, 0.3) is 0 Å². The van der Waals surface area contributed by atoms with E-state index in [1.54, 1.807) is 12.1 Å². The number of rotatable bonds is 2. The minimum atomic E-state index is -0.225. The number of halogens is 1. The molecule has 92 valence electrons. The summed E-state index contributed by atoms with van der Waals surface area (Å²) in [6.07, 6.45) is 1.94. The normalized spacial score (nSPS) is 11.3. The predicted molar refractivity (Wildman–Crippen MR) is 66.7 cm³/mol. The van der Waals surface area contributed by atoms with Crippen LogP contribution < -0.4 is 0 Å². The van der Waals surface area contributed by atoms with Crippen LogP contribution in [-0.2, 0) is 13.6 Å². The van der Waals surface area contributed by atoms with Crippen LogP contribution in [0.2, 0.25) is 0 Å². The second-order valence-electron chi connectivity index (χ2n) is 4.37. The summed E-state index contributed by atoms with van der Waals surface area (Å²) in [7, 11) is 1.93. The van der Waals surface area contributed by atoms with Crippen molar-refractivity contribution in [2.45, 2.75) is 13.5 Å². The molecule has 0 fully saturated rings. The van der Waals surface area contributed by atoms with Crippen LogP contribution in [0, 0.1) is 12.7 Å². The van der Waals surface area contributed by atoms with Crippen molar-refractivity contribution in [3.8, 4) is 0 Å². The minimum absolute atomic E-state index is 0.225. The lowest BCUT2D eigenvalue weighted by Crippen LogP contribution is -2.05. The van der Waals surface area contributed by atoms with Gasteiger partial charge in [-0.2, -0.15) is 0 Å². The van der Waals surface area contributed by atoms with E-state index in [1.165, 1.54) is 6.07 Å². The summed E-state index contributed by atoms with van der Waals surface area (Å²) in [5.74, 6) is 1.50. The molecule has 0 saturated heterocycles. The Labute approximate surface area is 104 Å². The Bertz CT molecular complexity index is 711. The van der Waals surface area contributed by atoms with Crippen LogP contribution in [-0.4, -0.2) is 19.3 Å². The molecule has 0 unspecified atom stereocenters. The van der Waals surface area contributed by atoms with Gasteiger partial charge < -0.3 is 9.13 Å². The monoisotopic (exact) mass is 244 g/mol. The predicted octanol–water partition coefficient (Wildman–Crippen LogP) is 2.27. The molecule has 0 spiro atoms. The molecule has 0 bridgehead atoms. The smallest absolute Gasteiger partial charge is 0.152 e. The molecular formula is C13H13FN4. The Hall–Kier alpha value is -2.17. The van der Waals surface area contributed by atoms with Gasteiger partial charge in [0.1, 0.15) is 11.6 Å². The van der Waals surface area contributed by atoms with Crippen LogP contribution in [0.3, 0.4) is 0 Å². The quantitative estimate of drug-likeness (QED) is 0.693. The maximum Gasteiger partial charge on any atom is 0.152 e. The number of hydrogen-bond donors (Lipinski definition) is 0. The summed E-state index contributed by atoms with van der Waals surface area (Å²) in [6, 6.07) is 6.76. The summed E-state index contributed by atoms with van der Waals surface area (Å²) in [5.41, 5.74) is 0.871. The van der Waals surface area contributed by atoms with E-state index in [2.05, 4.69) is 10.2 Å². The highest BCUT2D eigenvalue weighted by Gasteiger charge is 2.08. The van der Waals surface area contributed by atoms with Gasteiger partial charge >= 0.3 is 0 Å². The first-order chi connectivity index (χ1) is 8.65. The first-order valence-electron chi connectivity index (χ1n) is 5.74. The molecule has 0 aliphatic carbocycles. The molecule has 0 aliphatic rings. The zero-order valence-corrected chi connectivity index (χ0v) is 10.3. The third kappa shape index (κ3) is 1.68. The largest absolute Gasteiger partial charge is 0.340 e. The molecule has 3 rings (SSSR count). The van der Waals surface area contributed by atoms with Gasteiger partial charge in [0.05, 0.1) is 12.1 Å². The minimum Gasteiger partial charge on any atom is -0.340 e. The van der Waals surface area contributed by atoms with E-state index in [-0.39, 0.29) is 5.82 Å². The van der Waals surface area contributed by atoms with E-state index >= 15 is 0 Å². The van der Waals surface area contributed by atoms with E-state index < -0.39 is 0 Å². The molecule has 0 N–H and O–H groups in total. The van der Waals surface area contributed by atoms with Crippen molar-refractivity contribution < 1.29 is 4.39 Å². The Morgan fingerprint density at radius 1 is 1.22 bits per heavy atom. The number of fused-ring (bicyclic) bond motifs is 1. The average Bonchev–Trinajstić information content (AvgIpc) is 2.88. The molecule has 18 heavy (non-hydrogen) atoms. The van der Waals surface area contributed by atoms with Gasteiger partial charge in [0.15, 0.2) is 5.82 Å². The molecular weight excluding hydrogens is 231 g/mol. The molecule has 0 aliphatic heterocycles. The third-order valence-corrected chi connectivity index (χ3v) is 3.23. The fraction of sp³-hybridized carbons (Fsp3) is 0.231. The van der Waals surface area contributed by atoms with Gasteiger partial charge in [-0.1, -0.05) is 0 Å². The fourth-order valence-electron chi connectivity index (χ4n) is 2.04. The van der Waals surface area contributed by atoms with Crippen LogP contribution in [0.25, 0.3) is 10.9 Å². The maximum atomic E-state index is 13.3. The molecule has 3 aromatic rings. The second-order valence-corrected chi connectivity index (χ2v) is 4.37. The molecule has 0 atom stereocenters. The van der Waals surface area contributed by atoms with E-state index in [1.807, 2.05) is 35.4 Å². The van der Waals surface area contributed by atoms with E-state index in [4.69, 9.17) is 0 Å². The highest BCUT2D eigenvalue weighted by atomic mass is 19.1. The summed E-state index contributed by atoms with van der Waals surface area (Å²) in [5, 5.41) is 9.16. The van der Waals surface area contributed by atoms with Gasteiger partial charge in [-0.15, -0.1) is 10.2 Å². The maximum absolute atomic E-state index is 13.3. The van der Waals surface area contributed by atoms with E-state index in [9.17, 15) is 4.39 Å². The zero-order chi connectivity index (χ0) is 12.7. The highest BCUT2D eigenvalue weighted by Crippen LogP contribution is 2.18. The van der Waals surface area contributed by atoms with Gasteiger partial charge in [0, 0.05) is 13.2 Å². The second kappa shape index (κ2) is 3.94. The lowest BCUT2D eigenvalue weighted by molar-refractivity contribution is 0.627. The van der Waals surface area contributed by atoms with Crippen LogP contribution >= 0.6 is 0 Å². The fourth-order valence-corrected chi connectivity index (χ4v) is 2.04. The van der Waals surface area contributed by atoms with Crippen LogP contribution in [0.15, 0.2) is 30.5 Å². The van der Waals surface area contributed by atoms with Gasteiger partial charge in [-0.25, -0.2) is 4.39 Å².